The third-order valence-corrected chi connectivity index (χ3v) is 2.00. The number of hydrogen-bond acceptors (Lipinski definition) is 4. The maximum Gasteiger partial charge on any atom is 0.413 e. The van der Waals surface area contributed by atoms with Gasteiger partial charge in [-0.1, -0.05) is 11.6 Å². The van der Waals surface area contributed by atoms with Crippen LogP contribution in [0.2, 0.25) is 5.02 Å². The Bertz CT molecular complexity index is 441. The van der Waals surface area contributed by atoms with Gasteiger partial charge in [0.25, 0.3) is 0 Å². The Hall–Kier alpha value is -1.62. The molecule has 0 aliphatic rings. The van der Waals surface area contributed by atoms with E-state index in [-0.39, 0.29) is 16.4 Å². The lowest BCUT2D eigenvalue weighted by molar-refractivity contribution is 0.0635. The molecule has 1 aromatic heterocycles. The third kappa shape index (κ3) is 4.03. The number of aldehydes is 1. The molecule has 92 valence electrons. The molecule has 1 amide bonds. The van der Waals surface area contributed by atoms with Gasteiger partial charge in [0.15, 0.2) is 6.29 Å². The highest BCUT2D eigenvalue weighted by Gasteiger charge is 2.18. The van der Waals surface area contributed by atoms with E-state index in [2.05, 4.69) is 10.3 Å². The van der Waals surface area contributed by atoms with Gasteiger partial charge in [0.05, 0.1) is 10.6 Å². The number of nitrogens with one attached hydrogen (secondary N) is 1. The molecule has 0 unspecified atom stereocenters. The highest BCUT2D eigenvalue weighted by molar-refractivity contribution is 6.33. The third-order valence-electron chi connectivity index (χ3n) is 1.67. The Morgan fingerprint density at radius 3 is 2.71 bits per heavy atom. The first-order valence-electron chi connectivity index (χ1n) is 4.93. The van der Waals surface area contributed by atoms with Crippen LogP contribution in [0.15, 0.2) is 12.3 Å². The molecule has 6 heteroatoms. The van der Waals surface area contributed by atoms with Crippen molar-refractivity contribution >= 4 is 29.8 Å². The number of amides is 1. The minimum absolute atomic E-state index is 0.0850. The van der Waals surface area contributed by atoms with Crippen molar-refractivity contribution in [2.75, 3.05) is 5.32 Å². The number of hydrogen-bond donors (Lipinski definition) is 1. The number of ether oxygens (including phenoxy) is 1. The molecular formula is C11H13ClN2O3. The number of rotatable bonds is 2. The number of aromatic nitrogens is 1. The van der Waals surface area contributed by atoms with E-state index in [4.69, 9.17) is 16.3 Å². The van der Waals surface area contributed by atoms with E-state index in [0.717, 1.165) is 0 Å². The van der Waals surface area contributed by atoms with Crippen LogP contribution in [-0.4, -0.2) is 23.0 Å². The van der Waals surface area contributed by atoms with Crippen LogP contribution in [0.1, 0.15) is 31.1 Å². The second-order valence-electron chi connectivity index (χ2n) is 4.30. The summed E-state index contributed by atoms with van der Waals surface area (Å²) in [5.74, 6) is 0.0850. The van der Waals surface area contributed by atoms with Crippen molar-refractivity contribution in [2.24, 2.45) is 0 Å². The Balaban J connectivity index is 2.85. The first-order valence-corrected chi connectivity index (χ1v) is 5.31. The molecule has 1 N–H and O–H groups in total. The van der Waals surface area contributed by atoms with Gasteiger partial charge < -0.3 is 4.74 Å². The molecule has 0 fully saturated rings. The summed E-state index contributed by atoms with van der Waals surface area (Å²) in [5, 5.41) is 2.59. The monoisotopic (exact) mass is 256 g/mol. The second-order valence-corrected chi connectivity index (χ2v) is 4.71. The molecule has 0 bridgehead atoms. The fourth-order valence-electron chi connectivity index (χ4n) is 1.06. The summed E-state index contributed by atoms with van der Waals surface area (Å²) >= 11 is 5.78. The average Bonchev–Trinajstić information content (AvgIpc) is 2.14. The lowest BCUT2D eigenvalue weighted by atomic mass is 10.2. The molecule has 17 heavy (non-hydrogen) atoms. The quantitative estimate of drug-likeness (QED) is 0.826. The van der Waals surface area contributed by atoms with Crippen molar-refractivity contribution in [1.29, 1.82) is 0 Å². The van der Waals surface area contributed by atoms with Gasteiger partial charge in [-0.3, -0.25) is 10.1 Å². The smallest absolute Gasteiger partial charge is 0.413 e. The summed E-state index contributed by atoms with van der Waals surface area (Å²) in [5.41, 5.74) is -0.496. The highest BCUT2D eigenvalue weighted by atomic mass is 35.5. The number of anilines is 1. The summed E-state index contributed by atoms with van der Waals surface area (Å²) in [4.78, 5) is 26.1. The van der Waals surface area contributed by atoms with Gasteiger partial charge in [-0.05, 0) is 26.8 Å². The number of carbonyl (C=O) groups is 2. The van der Waals surface area contributed by atoms with Gasteiger partial charge in [-0.25, -0.2) is 9.78 Å². The fraction of sp³-hybridized carbons (Fsp3) is 0.364. The van der Waals surface area contributed by atoms with Crippen LogP contribution in [0, 0.1) is 0 Å². The van der Waals surface area contributed by atoms with Gasteiger partial charge in [-0.2, -0.15) is 0 Å². The summed E-state index contributed by atoms with van der Waals surface area (Å²) in [7, 11) is 0. The number of nitrogens with zero attached hydrogens (tertiary/aromatic N) is 1. The largest absolute Gasteiger partial charge is 0.444 e. The van der Waals surface area contributed by atoms with Crippen LogP contribution in [0.3, 0.4) is 0 Å². The normalized spacial score (nSPS) is 10.8. The number of pyridine rings is 1. The van der Waals surface area contributed by atoms with Crippen LogP contribution in [-0.2, 0) is 4.74 Å². The summed E-state index contributed by atoms with van der Waals surface area (Å²) in [6, 6.07) is 1.46. The Kier molecular flexibility index (Phi) is 4.07. The van der Waals surface area contributed by atoms with Gasteiger partial charge in [0.1, 0.15) is 11.4 Å². The molecule has 0 aliphatic carbocycles. The van der Waals surface area contributed by atoms with Crippen LogP contribution in [0.4, 0.5) is 10.6 Å². The average molecular weight is 257 g/mol. The predicted molar refractivity (Wildman–Crippen MR) is 64.5 cm³/mol. The van der Waals surface area contributed by atoms with E-state index in [1.807, 2.05) is 0 Å². The molecule has 0 radical (unpaired) electrons. The predicted octanol–water partition coefficient (Wildman–Crippen LogP) is 2.89. The Morgan fingerprint density at radius 1 is 1.53 bits per heavy atom. The number of carbonyl (C=O) groups excluding carboxylic acids is 2. The van der Waals surface area contributed by atoms with E-state index in [1.165, 1.54) is 12.3 Å². The topological polar surface area (TPSA) is 68.3 Å². The minimum atomic E-state index is -0.685. The lowest BCUT2D eigenvalue weighted by Crippen LogP contribution is -2.27. The van der Waals surface area contributed by atoms with E-state index in [0.29, 0.717) is 6.29 Å². The van der Waals surface area contributed by atoms with Crippen molar-refractivity contribution in [3.63, 3.8) is 0 Å². The Morgan fingerprint density at radius 2 is 2.18 bits per heavy atom. The summed E-state index contributed by atoms with van der Waals surface area (Å²) in [6.07, 6.45) is 1.24. The zero-order chi connectivity index (χ0) is 13.1. The van der Waals surface area contributed by atoms with Crippen molar-refractivity contribution < 1.29 is 14.3 Å². The van der Waals surface area contributed by atoms with Crippen LogP contribution in [0.25, 0.3) is 0 Å². The summed E-state index contributed by atoms with van der Waals surface area (Å²) < 4.78 is 5.03. The molecule has 0 aromatic carbocycles. The van der Waals surface area contributed by atoms with Crippen LogP contribution < -0.4 is 5.32 Å². The first kappa shape index (κ1) is 13.4. The molecule has 1 heterocycles. The number of halogens is 1. The van der Waals surface area contributed by atoms with E-state index in [1.54, 1.807) is 20.8 Å². The molecule has 0 saturated carbocycles. The van der Waals surface area contributed by atoms with Crippen LogP contribution in [0.5, 0.6) is 0 Å². The maximum atomic E-state index is 11.5. The SMILES string of the molecule is CC(C)(C)OC(=O)Nc1nccc(Cl)c1C=O. The molecule has 5 nitrogen and oxygen atoms in total. The lowest BCUT2D eigenvalue weighted by Gasteiger charge is -2.19. The van der Waals surface area contributed by atoms with Crippen molar-refractivity contribution in [2.45, 2.75) is 26.4 Å². The van der Waals surface area contributed by atoms with Gasteiger partial charge in [0.2, 0.25) is 0 Å². The van der Waals surface area contributed by atoms with Crippen LogP contribution >= 0.6 is 11.6 Å². The zero-order valence-electron chi connectivity index (χ0n) is 9.78. The van der Waals surface area contributed by atoms with Crippen molar-refractivity contribution in [3.05, 3.63) is 22.8 Å². The molecule has 0 saturated heterocycles. The second kappa shape index (κ2) is 5.14. The minimum Gasteiger partial charge on any atom is -0.444 e. The molecule has 1 aromatic rings. The summed E-state index contributed by atoms with van der Waals surface area (Å²) in [6.45, 7) is 5.20. The van der Waals surface area contributed by atoms with Crippen molar-refractivity contribution in [1.82, 2.24) is 4.98 Å². The first-order chi connectivity index (χ1) is 7.83. The standard InChI is InChI=1S/C11H13ClN2O3/c1-11(2,3)17-10(16)14-9-7(6-15)8(12)4-5-13-9/h4-6H,1-3H3,(H,13,14,16). The molecular weight excluding hydrogens is 244 g/mol. The maximum absolute atomic E-state index is 11.5. The molecule has 0 aliphatic heterocycles. The Labute approximate surface area is 104 Å². The van der Waals surface area contributed by atoms with Gasteiger partial charge in [0, 0.05) is 6.20 Å². The van der Waals surface area contributed by atoms with E-state index < -0.39 is 11.7 Å². The molecule has 0 atom stereocenters. The molecule has 0 spiro atoms. The van der Waals surface area contributed by atoms with Gasteiger partial charge in [-0.15, -0.1) is 0 Å². The highest BCUT2D eigenvalue weighted by Crippen LogP contribution is 2.20. The van der Waals surface area contributed by atoms with Crippen molar-refractivity contribution in [3.8, 4) is 0 Å². The van der Waals surface area contributed by atoms with Gasteiger partial charge >= 0.3 is 6.09 Å². The van der Waals surface area contributed by atoms with E-state index in [9.17, 15) is 9.59 Å². The zero-order valence-corrected chi connectivity index (χ0v) is 10.5. The fourth-order valence-corrected chi connectivity index (χ4v) is 1.25. The van der Waals surface area contributed by atoms with E-state index >= 15 is 0 Å². The molecule has 1 rings (SSSR count).